The molecular formula is C22H19N5S. The van der Waals surface area contributed by atoms with E-state index in [1.165, 1.54) is 0 Å². The van der Waals surface area contributed by atoms with Crippen LogP contribution in [0.2, 0.25) is 0 Å². The molecule has 0 spiro atoms. The van der Waals surface area contributed by atoms with Crippen LogP contribution < -0.4 is 0 Å². The first-order valence-electron chi connectivity index (χ1n) is 8.77. The quantitative estimate of drug-likeness (QED) is 0.346. The highest BCUT2D eigenvalue weighted by molar-refractivity contribution is 7.18. The lowest BCUT2D eigenvalue weighted by Crippen LogP contribution is -1.96. The van der Waals surface area contributed by atoms with Crippen molar-refractivity contribution in [3.63, 3.8) is 0 Å². The Morgan fingerprint density at radius 2 is 2.11 bits per heavy atom. The average Bonchev–Trinajstić information content (AvgIpc) is 3.27. The lowest BCUT2D eigenvalue weighted by Gasteiger charge is -2.04. The fourth-order valence-electron chi connectivity index (χ4n) is 3.15. The van der Waals surface area contributed by atoms with E-state index in [0.29, 0.717) is 0 Å². The van der Waals surface area contributed by atoms with Gasteiger partial charge < -0.3 is 4.57 Å². The second-order valence-electron chi connectivity index (χ2n) is 6.32. The number of aryl methyl sites for hydroxylation is 2. The van der Waals surface area contributed by atoms with Crippen molar-refractivity contribution in [2.75, 3.05) is 0 Å². The van der Waals surface area contributed by atoms with Crippen LogP contribution in [0.25, 0.3) is 37.9 Å². The van der Waals surface area contributed by atoms with Gasteiger partial charge in [-0.05, 0) is 50.0 Å². The summed E-state index contributed by atoms with van der Waals surface area (Å²) in [6, 6.07) is 10.1. The molecule has 5 nitrogen and oxygen atoms in total. The van der Waals surface area contributed by atoms with Gasteiger partial charge in [0.1, 0.15) is 10.7 Å². The minimum atomic E-state index is 0.768. The summed E-state index contributed by atoms with van der Waals surface area (Å²) >= 11 is 1.63. The Morgan fingerprint density at radius 3 is 2.82 bits per heavy atom. The molecule has 0 aliphatic carbocycles. The standard InChI is InChI=1S/C22H19N5S/c1-5-7-17(23-3)19-12-15-9-10-18(26-21(15)27(19)4)20-14(2)25-22(28-20)16-8-6-11-24-13-16/h5-13H,1,3H2,2,4H3/b17-7-. The van der Waals surface area contributed by atoms with E-state index in [0.717, 1.165) is 49.3 Å². The highest BCUT2D eigenvalue weighted by atomic mass is 32.1. The normalized spacial score (nSPS) is 11.7. The molecule has 0 aliphatic rings. The minimum Gasteiger partial charge on any atom is -0.327 e. The summed E-state index contributed by atoms with van der Waals surface area (Å²) in [4.78, 5) is 19.0. The van der Waals surface area contributed by atoms with Crippen LogP contribution in [-0.4, -0.2) is 26.2 Å². The molecule has 0 unspecified atom stereocenters. The summed E-state index contributed by atoms with van der Waals surface area (Å²) < 4.78 is 2.03. The molecule has 4 rings (SSSR count). The van der Waals surface area contributed by atoms with Crippen LogP contribution >= 0.6 is 11.3 Å². The van der Waals surface area contributed by atoms with Gasteiger partial charge in [0.15, 0.2) is 0 Å². The third-order valence-electron chi connectivity index (χ3n) is 4.52. The molecule has 0 saturated heterocycles. The number of rotatable bonds is 5. The Bertz CT molecular complexity index is 1210. The molecule has 6 heteroatoms. The summed E-state index contributed by atoms with van der Waals surface area (Å²) in [5, 5.41) is 2.00. The van der Waals surface area contributed by atoms with Crippen molar-refractivity contribution >= 4 is 34.8 Å². The maximum absolute atomic E-state index is 4.91. The smallest absolute Gasteiger partial charge is 0.140 e. The molecule has 0 amide bonds. The maximum Gasteiger partial charge on any atom is 0.140 e. The Hall–Kier alpha value is -3.38. The SMILES string of the molecule is C=C/C=C(\N=C)c1cc2ccc(-c3sc(-c4cccnc4)nc3C)nc2n1C. The molecule has 0 radical (unpaired) electrons. The van der Waals surface area contributed by atoms with Crippen LogP contribution in [0.3, 0.4) is 0 Å². The Morgan fingerprint density at radius 1 is 1.25 bits per heavy atom. The van der Waals surface area contributed by atoms with Gasteiger partial charge in [-0.25, -0.2) is 9.97 Å². The first-order chi connectivity index (χ1) is 13.6. The third kappa shape index (κ3) is 3.08. The van der Waals surface area contributed by atoms with Crippen molar-refractivity contribution in [1.29, 1.82) is 0 Å². The topological polar surface area (TPSA) is 56.0 Å². The zero-order valence-corrected chi connectivity index (χ0v) is 16.6. The number of pyridine rings is 2. The first kappa shape index (κ1) is 18.0. The lowest BCUT2D eigenvalue weighted by atomic mass is 10.2. The molecular weight excluding hydrogens is 366 g/mol. The number of fused-ring (bicyclic) bond motifs is 1. The zero-order valence-electron chi connectivity index (χ0n) is 15.8. The van der Waals surface area contributed by atoms with Crippen molar-refractivity contribution < 1.29 is 0 Å². The second-order valence-corrected chi connectivity index (χ2v) is 7.32. The summed E-state index contributed by atoms with van der Waals surface area (Å²) in [5.41, 5.74) is 5.50. The first-order valence-corrected chi connectivity index (χ1v) is 9.58. The van der Waals surface area contributed by atoms with Crippen molar-refractivity contribution in [2.45, 2.75) is 6.92 Å². The van der Waals surface area contributed by atoms with E-state index >= 15 is 0 Å². The van der Waals surface area contributed by atoms with Crippen LogP contribution in [0, 0.1) is 6.92 Å². The van der Waals surface area contributed by atoms with Crippen molar-refractivity contribution in [3.8, 4) is 21.1 Å². The molecule has 4 aromatic rings. The summed E-state index contributed by atoms with van der Waals surface area (Å²) in [7, 11) is 1.98. The predicted molar refractivity (Wildman–Crippen MR) is 118 cm³/mol. The number of aliphatic imine (C=N–C) groups is 1. The van der Waals surface area contributed by atoms with E-state index in [1.54, 1.807) is 23.6 Å². The van der Waals surface area contributed by atoms with Crippen LogP contribution in [0.1, 0.15) is 11.4 Å². The largest absolute Gasteiger partial charge is 0.327 e. The van der Waals surface area contributed by atoms with Crippen molar-refractivity contribution in [2.24, 2.45) is 12.0 Å². The van der Waals surface area contributed by atoms with Gasteiger partial charge in [0.05, 0.1) is 27.7 Å². The number of allylic oxidation sites excluding steroid dienone is 2. The number of aromatic nitrogens is 4. The van der Waals surface area contributed by atoms with E-state index in [9.17, 15) is 0 Å². The molecule has 4 aromatic heterocycles. The lowest BCUT2D eigenvalue weighted by molar-refractivity contribution is 0.927. The van der Waals surface area contributed by atoms with Gasteiger partial charge in [-0.3, -0.25) is 9.98 Å². The van der Waals surface area contributed by atoms with Gasteiger partial charge in [0.25, 0.3) is 0 Å². The Balaban J connectivity index is 1.82. The molecule has 0 aromatic carbocycles. The molecule has 138 valence electrons. The third-order valence-corrected chi connectivity index (χ3v) is 5.75. The highest BCUT2D eigenvalue weighted by Gasteiger charge is 2.15. The summed E-state index contributed by atoms with van der Waals surface area (Å²) in [6.07, 6.45) is 7.15. The molecule has 28 heavy (non-hydrogen) atoms. The molecule has 0 N–H and O–H groups in total. The predicted octanol–water partition coefficient (Wildman–Crippen LogP) is 5.29. The highest BCUT2D eigenvalue weighted by Crippen LogP contribution is 2.35. The van der Waals surface area contributed by atoms with E-state index < -0.39 is 0 Å². The minimum absolute atomic E-state index is 0.768. The summed E-state index contributed by atoms with van der Waals surface area (Å²) in [6.45, 7) is 9.43. The molecule has 0 bridgehead atoms. The van der Waals surface area contributed by atoms with E-state index in [4.69, 9.17) is 9.97 Å². The van der Waals surface area contributed by atoms with Gasteiger partial charge in [-0.15, -0.1) is 11.3 Å². The number of thiazole rings is 1. The monoisotopic (exact) mass is 385 g/mol. The Kier molecular flexibility index (Phi) is 4.71. The number of nitrogens with zero attached hydrogens (tertiary/aromatic N) is 5. The molecule has 0 fully saturated rings. The summed E-state index contributed by atoms with van der Waals surface area (Å²) in [5.74, 6) is 0. The zero-order chi connectivity index (χ0) is 19.7. The maximum atomic E-state index is 4.91. The average molecular weight is 385 g/mol. The van der Waals surface area contributed by atoms with Gasteiger partial charge >= 0.3 is 0 Å². The van der Waals surface area contributed by atoms with Crippen LogP contribution in [0.15, 0.2) is 66.4 Å². The second kappa shape index (κ2) is 7.32. The number of hydrogen-bond donors (Lipinski definition) is 0. The van der Waals surface area contributed by atoms with Gasteiger partial charge in [0, 0.05) is 30.4 Å². The number of hydrogen-bond acceptors (Lipinski definition) is 5. The van der Waals surface area contributed by atoms with Gasteiger partial charge in [0.2, 0.25) is 0 Å². The van der Waals surface area contributed by atoms with Crippen LogP contribution in [-0.2, 0) is 7.05 Å². The van der Waals surface area contributed by atoms with E-state index in [-0.39, 0.29) is 0 Å². The molecule has 0 saturated carbocycles. The molecule has 0 atom stereocenters. The molecule has 0 aliphatic heterocycles. The van der Waals surface area contributed by atoms with E-state index in [2.05, 4.69) is 35.4 Å². The fourth-order valence-corrected chi connectivity index (χ4v) is 4.17. The van der Waals surface area contributed by atoms with Gasteiger partial charge in [-0.2, -0.15) is 0 Å². The van der Waals surface area contributed by atoms with Crippen molar-refractivity contribution in [1.82, 2.24) is 19.5 Å². The van der Waals surface area contributed by atoms with E-state index in [1.807, 2.05) is 49.0 Å². The van der Waals surface area contributed by atoms with Crippen LogP contribution in [0.5, 0.6) is 0 Å². The van der Waals surface area contributed by atoms with Gasteiger partial charge in [-0.1, -0.05) is 12.7 Å². The van der Waals surface area contributed by atoms with Crippen molar-refractivity contribution in [3.05, 3.63) is 72.8 Å². The fraction of sp³-hybridized carbons (Fsp3) is 0.0909. The Labute approximate surface area is 167 Å². The van der Waals surface area contributed by atoms with Crippen LogP contribution in [0.4, 0.5) is 0 Å². The molecule has 4 heterocycles.